The quantitative estimate of drug-likeness (QED) is 0.0806. The Morgan fingerprint density at radius 1 is 0.950 bits per heavy atom. The second kappa shape index (κ2) is 14.3. The summed E-state index contributed by atoms with van der Waals surface area (Å²) in [5.41, 5.74) is 22.2. The van der Waals surface area contributed by atoms with E-state index in [0.717, 1.165) is 5.56 Å². The van der Waals surface area contributed by atoms with Crippen LogP contribution >= 0.6 is 0 Å². The van der Waals surface area contributed by atoms with Gasteiger partial charge in [-0.1, -0.05) is 54.6 Å². The lowest BCUT2D eigenvalue weighted by Gasteiger charge is -2.31. The van der Waals surface area contributed by atoms with Gasteiger partial charge in [-0.3, -0.25) is 29.6 Å². The van der Waals surface area contributed by atoms with Crippen LogP contribution in [0.5, 0.6) is 0 Å². The molecule has 13 nitrogen and oxygen atoms in total. The summed E-state index contributed by atoms with van der Waals surface area (Å²) in [7, 11) is 0. The number of hydrogen-bond donors (Lipinski definition) is 8. The number of rotatable bonds is 15. The van der Waals surface area contributed by atoms with Gasteiger partial charge >= 0.3 is 5.97 Å². The zero-order valence-corrected chi connectivity index (χ0v) is 22.2. The molecule has 0 bridgehead atoms. The van der Waals surface area contributed by atoms with E-state index < -0.39 is 47.6 Å². The zero-order chi connectivity index (χ0) is 29.9. The molecule has 0 fully saturated rings. The summed E-state index contributed by atoms with van der Waals surface area (Å²) in [6.45, 7) is 1.88. The number of carbonyl (C=O) groups is 4. The molecule has 13 heteroatoms. The number of benzene rings is 2. The molecule has 214 valence electrons. The molecule has 0 aliphatic rings. The van der Waals surface area contributed by atoms with Crippen molar-refractivity contribution < 1.29 is 24.3 Å². The third-order valence-electron chi connectivity index (χ3n) is 6.34. The lowest BCUT2D eigenvalue weighted by molar-refractivity contribution is -0.141. The predicted octanol–water partition coefficient (Wildman–Crippen LogP) is -0.546. The van der Waals surface area contributed by atoms with Gasteiger partial charge in [0.2, 0.25) is 17.7 Å². The molecule has 0 unspecified atom stereocenters. The van der Waals surface area contributed by atoms with E-state index in [2.05, 4.69) is 15.6 Å². The normalized spacial score (nSPS) is 13.6. The number of hydrogen-bond acceptors (Lipinski definition) is 6. The highest BCUT2D eigenvalue weighted by Gasteiger charge is 2.38. The highest BCUT2D eigenvalue weighted by atomic mass is 16.4. The molecule has 0 spiro atoms. The number of guanidine groups is 1. The van der Waals surface area contributed by atoms with Gasteiger partial charge in [-0.2, -0.15) is 0 Å². The number of nitrogens with two attached hydrogens (primary N) is 4. The number of amidine groups is 1. The van der Waals surface area contributed by atoms with Crippen LogP contribution in [0.4, 0.5) is 0 Å². The third-order valence-corrected chi connectivity index (χ3v) is 6.34. The maximum atomic E-state index is 13.8. The average Bonchev–Trinajstić information content (AvgIpc) is 2.90. The van der Waals surface area contributed by atoms with Crippen molar-refractivity contribution in [2.45, 2.75) is 50.1 Å². The van der Waals surface area contributed by atoms with Gasteiger partial charge in [-0.25, -0.2) is 0 Å². The summed E-state index contributed by atoms with van der Waals surface area (Å²) in [5.74, 6) is -3.85. The molecule has 12 N–H and O–H groups in total. The Labute approximate surface area is 231 Å². The lowest BCUT2D eigenvalue weighted by Crippen LogP contribution is -2.56. The molecular weight excluding hydrogens is 516 g/mol. The smallest absolute Gasteiger partial charge is 0.305 e. The first-order valence-electron chi connectivity index (χ1n) is 12.5. The lowest BCUT2D eigenvalue weighted by atomic mass is 9.76. The van der Waals surface area contributed by atoms with Crippen LogP contribution in [0.2, 0.25) is 0 Å². The first-order valence-corrected chi connectivity index (χ1v) is 12.5. The fraction of sp³-hybridized carbons (Fsp3) is 0.333. The van der Waals surface area contributed by atoms with Crippen LogP contribution in [-0.2, 0) is 31.0 Å². The number of primary amides is 1. The maximum Gasteiger partial charge on any atom is 0.305 e. The fourth-order valence-corrected chi connectivity index (χ4v) is 4.09. The van der Waals surface area contributed by atoms with Crippen molar-refractivity contribution in [1.29, 1.82) is 5.41 Å². The van der Waals surface area contributed by atoms with E-state index in [1.54, 1.807) is 61.5 Å². The van der Waals surface area contributed by atoms with Gasteiger partial charge in [0.15, 0.2) is 5.96 Å². The van der Waals surface area contributed by atoms with Crippen LogP contribution in [0, 0.1) is 5.41 Å². The minimum atomic E-state index is -1.49. The molecule has 3 amide bonds. The first kappa shape index (κ1) is 31.3. The third kappa shape index (κ3) is 9.11. The molecule has 2 aromatic rings. The molecule has 0 radical (unpaired) electrons. The summed E-state index contributed by atoms with van der Waals surface area (Å²) in [6, 6.07) is 13.0. The summed E-state index contributed by atoms with van der Waals surface area (Å²) >= 11 is 0. The number of aliphatic imine (C=N–C) groups is 1. The number of nitrogens with one attached hydrogen (secondary N) is 3. The fourth-order valence-electron chi connectivity index (χ4n) is 4.09. The summed E-state index contributed by atoms with van der Waals surface area (Å²) in [6.07, 6.45) is -0.119. The van der Waals surface area contributed by atoms with E-state index in [0.29, 0.717) is 17.5 Å². The Morgan fingerprint density at radius 3 is 2.10 bits per heavy atom. The van der Waals surface area contributed by atoms with E-state index in [1.165, 1.54) is 0 Å². The number of carboxylic acid groups (broad SMARTS) is 1. The van der Waals surface area contributed by atoms with Crippen molar-refractivity contribution in [3.05, 3.63) is 71.3 Å². The number of amides is 3. The van der Waals surface area contributed by atoms with E-state index >= 15 is 0 Å². The van der Waals surface area contributed by atoms with Gasteiger partial charge in [-0.15, -0.1) is 0 Å². The summed E-state index contributed by atoms with van der Waals surface area (Å²) in [5, 5.41) is 22.0. The zero-order valence-electron chi connectivity index (χ0n) is 22.2. The molecule has 0 saturated carbocycles. The number of aliphatic carboxylic acids is 1. The maximum absolute atomic E-state index is 13.8. The molecule has 3 atom stereocenters. The van der Waals surface area contributed by atoms with E-state index in [4.69, 9.17) is 28.3 Å². The predicted molar refractivity (Wildman–Crippen MR) is 150 cm³/mol. The Morgan fingerprint density at radius 2 is 1.57 bits per heavy atom. The van der Waals surface area contributed by atoms with Crippen LogP contribution in [0.1, 0.15) is 42.9 Å². The van der Waals surface area contributed by atoms with Gasteiger partial charge in [0.05, 0.1) is 11.8 Å². The molecule has 0 aromatic heterocycles. The monoisotopic (exact) mass is 552 g/mol. The largest absolute Gasteiger partial charge is 0.481 e. The molecule has 0 aliphatic heterocycles. The average molecular weight is 553 g/mol. The minimum absolute atomic E-state index is 0.0943. The van der Waals surface area contributed by atoms with Crippen LogP contribution in [0.15, 0.2) is 59.6 Å². The molecule has 0 heterocycles. The van der Waals surface area contributed by atoms with Crippen molar-refractivity contribution in [1.82, 2.24) is 10.6 Å². The van der Waals surface area contributed by atoms with E-state index in [-0.39, 0.29) is 31.2 Å². The van der Waals surface area contributed by atoms with Crippen molar-refractivity contribution in [3.63, 3.8) is 0 Å². The van der Waals surface area contributed by atoms with Crippen molar-refractivity contribution in [2.24, 2.45) is 27.9 Å². The topological polar surface area (TPSA) is 253 Å². The Kier molecular flexibility index (Phi) is 11.2. The van der Waals surface area contributed by atoms with Crippen molar-refractivity contribution >= 4 is 35.5 Å². The molecule has 2 aromatic carbocycles. The van der Waals surface area contributed by atoms with E-state index in [9.17, 15) is 24.3 Å². The Hall–Kier alpha value is -4.94. The Balaban J connectivity index is 2.30. The van der Waals surface area contributed by atoms with Gasteiger partial charge in [0.25, 0.3) is 0 Å². The molecule has 2 rings (SSSR count). The van der Waals surface area contributed by atoms with Gasteiger partial charge in [-0.05, 0) is 37.3 Å². The van der Waals surface area contributed by atoms with Crippen LogP contribution in [0.25, 0.3) is 0 Å². The van der Waals surface area contributed by atoms with Gasteiger partial charge in [0.1, 0.15) is 17.9 Å². The first-order chi connectivity index (χ1) is 18.8. The van der Waals surface area contributed by atoms with Crippen molar-refractivity contribution in [2.75, 3.05) is 6.54 Å². The summed E-state index contributed by atoms with van der Waals surface area (Å²) in [4.78, 5) is 54.2. The SMILES string of the molecule is C[C@](Cc1ccc(C(=N)N)cc1)(C(=O)N[C@@H](CC(=O)O)C(=O)N[C@@H](CCCN=C(N)N)C(N)=O)c1ccccc1. The second-order valence-corrected chi connectivity index (χ2v) is 9.52. The molecule has 40 heavy (non-hydrogen) atoms. The standard InChI is InChI=1S/C27H36N8O5/c1-27(18-6-3-2-4-7-18,15-16-9-11-17(12-10-16)22(28)29)25(40)35-20(14-21(36)37)24(39)34-19(23(30)38)8-5-13-33-26(31)32/h2-4,6-7,9-12,19-20H,5,8,13-15H2,1H3,(H3,28,29)(H2,30,38)(H,34,39)(H,35,40)(H,36,37)(H4,31,32,33)/t19-,20-,27+/m0/s1. The highest BCUT2D eigenvalue weighted by Crippen LogP contribution is 2.29. The van der Waals surface area contributed by atoms with Crippen LogP contribution in [-0.4, -0.2) is 59.2 Å². The Bertz CT molecular complexity index is 1250. The van der Waals surface area contributed by atoms with Gasteiger partial charge < -0.3 is 38.7 Å². The van der Waals surface area contributed by atoms with Crippen molar-refractivity contribution in [3.8, 4) is 0 Å². The highest BCUT2D eigenvalue weighted by molar-refractivity contribution is 5.97. The molecular formula is C27H36N8O5. The minimum Gasteiger partial charge on any atom is -0.481 e. The van der Waals surface area contributed by atoms with E-state index in [1.807, 2.05) is 0 Å². The second-order valence-electron chi connectivity index (χ2n) is 9.52. The van der Waals surface area contributed by atoms with Crippen LogP contribution < -0.4 is 33.6 Å². The number of carboxylic acids is 1. The molecule has 0 aliphatic carbocycles. The van der Waals surface area contributed by atoms with Crippen LogP contribution in [0.3, 0.4) is 0 Å². The number of nitrogens with zero attached hydrogens (tertiary/aromatic N) is 1. The summed E-state index contributed by atoms with van der Waals surface area (Å²) < 4.78 is 0. The number of carbonyl (C=O) groups excluding carboxylic acids is 3. The number of nitrogen functional groups attached to an aromatic ring is 1. The van der Waals surface area contributed by atoms with Gasteiger partial charge in [0, 0.05) is 12.1 Å². The molecule has 0 saturated heterocycles.